The van der Waals surface area contributed by atoms with Crippen molar-refractivity contribution in [3.05, 3.63) is 59.7 Å². The molecule has 0 radical (unpaired) electrons. The summed E-state index contributed by atoms with van der Waals surface area (Å²) in [6, 6.07) is 15.8. The normalized spacial score (nSPS) is 16.8. The van der Waals surface area contributed by atoms with Gasteiger partial charge in [-0.3, -0.25) is 9.59 Å². The number of carbonyl (C=O) groups excluding carboxylic acids is 2. The summed E-state index contributed by atoms with van der Waals surface area (Å²) in [6.45, 7) is 7.34. The lowest BCUT2D eigenvalue weighted by molar-refractivity contribution is -0.126. The van der Waals surface area contributed by atoms with Crippen LogP contribution in [0.25, 0.3) is 0 Å². The molecule has 1 saturated heterocycles. The van der Waals surface area contributed by atoms with E-state index in [9.17, 15) is 9.59 Å². The number of nitrogens with one attached hydrogen (secondary N) is 1. The van der Waals surface area contributed by atoms with Crippen LogP contribution in [0.3, 0.4) is 0 Å². The van der Waals surface area contributed by atoms with Crippen molar-refractivity contribution < 1.29 is 14.3 Å². The van der Waals surface area contributed by atoms with E-state index in [1.165, 1.54) is 0 Å². The number of carbonyl (C=O) groups is 2. The minimum atomic E-state index is -0.326. The van der Waals surface area contributed by atoms with Gasteiger partial charge in [-0.15, -0.1) is 0 Å². The second-order valence-electron chi connectivity index (χ2n) is 8.53. The third kappa shape index (κ3) is 4.78. The average Bonchev–Trinajstić information content (AvgIpc) is 3.09. The molecule has 5 nitrogen and oxygen atoms in total. The predicted octanol–water partition coefficient (Wildman–Crippen LogP) is 3.70. The smallest absolute Gasteiger partial charge is 0.227 e. The Morgan fingerprint density at radius 3 is 2.55 bits per heavy atom. The van der Waals surface area contributed by atoms with Crippen molar-refractivity contribution in [2.24, 2.45) is 5.92 Å². The molecule has 1 aliphatic rings. The molecular weight excluding hydrogens is 364 g/mol. The average molecular weight is 395 g/mol. The van der Waals surface area contributed by atoms with E-state index in [4.69, 9.17) is 4.74 Å². The quantitative estimate of drug-likeness (QED) is 0.813. The van der Waals surface area contributed by atoms with Crippen molar-refractivity contribution in [3.63, 3.8) is 0 Å². The van der Waals surface area contributed by atoms with Gasteiger partial charge in [0.1, 0.15) is 5.75 Å². The number of hydrogen-bond acceptors (Lipinski definition) is 3. The van der Waals surface area contributed by atoms with Crippen LogP contribution in [0.4, 0.5) is 5.69 Å². The van der Waals surface area contributed by atoms with Gasteiger partial charge < -0.3 is 15.0 Å². The maximum atomic E-state index is 12.7. The Kier molecular flexibility index (Phi) is 6.26. The zero-order valence-corrected chi connectivity index (χ0v) is 17.7. The molecule has 1 unspecified atom stereocenters. The molecule has 0 bridgehead atoms. The molecule has 1 atom stereocenters. The topological polar surface area (TPSA) is 58.6 Å². The molecule has 1 aliphatic heterocycles. The van der Waals surface area contributed by atoms with Crippen molar-refractivity contribution in [1.29, 1.82) is 0 Å². The van der Waals surface area contributed by atoms with Crippen molar-refractivity contribution in [3.8, 4) is 5.75 Å². The Bertz CT molecular complexity index is 886. The monoisotopic (exact) mass is 394 g/mol. The molecule has 2 amide bonds. The molecular formula is C24H30N2O3. The SMILES string of the molecule is COc1ccccc1CCNC(=O)C1CC(=O)N(c2ccccc2C(C)(C)C)C1. The molecule has 3 rings (SSSR count). The Labute approximate surface area is 173 Å². The zero-order valence-electron chi connectivity index (χ0n) is 17.7. The molecule has 29 heavy (non-hydrogen) atoms. The summed E-state index contributed by atoms with van der Waals surface area (Å²) in [5.74, 6) is 0.437. The van der Waals surface area contributed by atoms with Gasteiger partial charge >= 0.3 is 0 Å². The lowest BCUT2D eigenvalue weighted by Crippen LogP contribution is -2.34. The van der Waals surface area contributed by atoms with E-state index in [0.29, 0.717) is 19.5 Å². The van der Waals surface area contributed by atoms with E-state index in [0.717, 1.165) is 22.6 Å². The molecule has 1 fully saturated rings. The van der Waals surface area contributed by atoms with Gasteiger partial charge in [0.2, 0.25) is 11.8 Å². The molecule has 0 spiro atoms. The highest BCUT2D eigenvalue weighted by atomic mass is 16.5. The summed E-state index contributed by atoms with van der Waals surface area (Å²) in [4.78, 5) is 27.1. The van der Waals surface area contributed by atoms with E-state index in [2.05, 4.69) is 32.2 Å². The number of anilines is 1. The van der Waals surface area contributed by atoms with Crippen LogP contribution in [0.1, 0.15) is 38.3 Å². The van der Waals surface area contributed by atoms with Crippen LogP contribution in [-0.4, -0.2) is 32.0 Å². The van der Waals surface area contributed by atoms with Gasteiger partial charge in [0.15, 0.2) is 0 Å². The van der Waals surface area contributed by atoms with Gasteiger partial charge in [0.25, 0.3) is 0 Å². The number of rotatable bonds is 6. The van der Waals surface area contributed by atoms with Crippen molar-refractivity contribution in [2.45, 2.75) is 39.0 Å². The summed E-state index contributed by atoms with van der Waals surface area (Å²) < 4.78 is 5.35. The van der Waals surface area contributed by atoms with Crippen LogP contribution in [0, 0.1) is 5.92 Å². The third-order valence-electron chi connectivity index (χ3n) is 5.38. The van der Waals surface area contributed by atoms with E-state index in [1.54, 1.807) is 12.0 Å². The highest BCUT2D eigenvalue weighted by Gasteiger charge is 2.36. The maximum Gasteiger partial charge on any atom is 0.227 e. The molecule has 2 aromatic carbocycles. The van der Waals surface area contributed by atoms with Gasteiger partial charge in [-0.25, -0.2) is 0 Å². The summed E-state index contributed by atoms with van der Waals surface area (Å²) in [5.41, 5.74) is 3.00. The Morgan fingerprint density at radius 2 is 1.83 bits per heavy atom. The summed E-state index contributed by atoms with van der Waals surface area (Å²) >= 11 is 0. The first-order chi connectivity index (χ1) is 13.8. The molecule has 5 heteroatoms. The van der Waals surface area contributed by atoms with Crippen molar-refractivity contribution in [2.75, 3.05) is 25.1 Å². The Hall–Kier alpha value is -2.82. The first-order valence-electron chi connectivity index (χ1n) is 10.1. The Balaban J connectivity index is 1.63. The first-order valence-corrected chi connectivity index (χ1v) is 10.1. The predicted molar refractivity (Wildman–Crippen MR) is 115 cm³/mol. The van der Waals surface area contributed by atoms with E-state index >= 15 is 0 Å². The number of nitrogens with zero attached hydrogens (tertiary/aromatic N) is 1. The van der Waals surface area contributed by atoms with Crippen LogP contribution in [0.5, 0.6) is 5.75 Å². The van der Waals surface area contributed by atoms with Crippen molar-refractivity contribution >= 4 is 17.5 Å². The molecule has 1 N–H and O–H groups in total. The first kappa shape index (κ1) is 20.9. The minimum Gasteiger partial charge on any atom is -0.496 e. The number of methoxy groups -OCH3 is 1. The second-order valence-corrected chi connectivity index (χ2v) is 8.53. The third-order valence-corrected chi connectivity index (χ3v) is 5.38. The largest absolute Gasteiger partial charge is 0.496 e. The molecule has 0 aliphatic carbocycles. The minimum absolute atomic E-state index is 0.00609. The van der Waals surface area contributed by atoms with Crippen LogP contribution in [0.15, 0.2) is 48.5 Å². The van der Waals surface area contributed by atoms with E-state index in [1.807, 2.05) is 42.5 Å². The van der Waals surface area contributed by atoms with Crippen LogP contribution < -0.4 is 15.0 Å². The molecule has 1 heterocycles. The lowest BCUT2D eigenvalue weighted by Gasteiger charge is -2.27. The zero-order chi connectivity index (χ0) is 21.0. The Morgan fingerprint density at radius 1 is 1.14 bits per heavy atom. The fourth-order valence-corrected chi connectivity index (χ4v) is 3.83. The number of benzene rings is 2. The summed E-state index contributed by atoms with van der Waals surface area (Å²) in [6.07, 6.45) is 0.936. The van der Waals surface area contributed by atoms with Gasteiger partial charge in [-0.2, -0.15) is 0 Å². The van der Waals surface area contributed by atoms with Crippen LogP contribution in [-0.2, 0) is 21.4 Å². The second kappa shape index (κ2) is 8.68. The maximum absolute atomic E-state index is 12.7. The fourth-order valence-electron chi connectivity index (χ4n) is 3.83. The molecule has 0 aromatic heterocycles. The van der Waals surface area contributed by atoms with Gasteiger partial charge in [-0.1, -0.05) is 57.2 Å². The van der Waals surface area contributed by atoms with Crippen LogP contribution in [0.2, 0.25) is 0 Å². The highest BCUT2D eigenvalue weighted by Crippen LogP contribution is 2.35. The number of para-hydroxylation sites is 2. The summed E-state index contributed by atoms with van der Waals surface area (Å²) in [7, 11) is 1.64. The number of amides is 2. The molecule has 0 saturated carbocycles. The van der Waals surface area contributed by atoms with Gasteiger partial charge in [-0.05, 0) is 35.1 Å². The fraction of sp³-hybridized carbons (Fsp3) is 0.417. The van der Waals surface area contributed by atoms with Crippen LogP contribution >= 0.6 is 0 Å². The summed E-state index contributed by atoms with van der Waals surface area (Å²) in [5, 5.41) is 2.99. The molecule has 2 aromatic rings. The van der Waals surface area contributed by atoms with Crippen molar-refractivity contribution in [1.82, 2.24) is 5.32 Å². The highest BCUT2D eigenvalue weighted by molar-refractivity contribution is 6.01. The van der Waals surface area contributed by atoms with E-state index in [-0.39, 0.29) is 29.6 Å². The van der Waals surface area contributed by atoms with Gasteiger partial charge in [0.05, 0.1) is 13.0 Å². The van der Waals surface area contributed by atoms with Gasteiger partial charge in [0, 0.05) is 25.2 Å². The number of ether oxygens (including phenoxy) is 1. The number of hydrogen-bond donors (Lipinski definition) is 1. The molecule has 154 valence electrons. The van der Waals surface area contributed by atoms with E-state index < -0.39 is 0 Å². The standard InChI is InChI=1S/C24H30N2O3/c1-24(2,3)19-10-6-7-11-20(19)26-16-18(15-22(26)27)23(28)25-14-13-17-9-5-8-12-21(17)29-4/h5-12,18H,13-16H2,1-4H3,(H,25,28). The lowest BCUT2D eigenvalue weighted by atomic mass is 9.85.